The molecule has 0 saturated carbocycles. The Balaban J connectivity index is 2.92. The summed E-state index contributed by atoms with van der Waals surface area (Å²) in [5, 5.41) is 36.1. The van der Waals surface area contributed by atoms with Crippen LogP contribution >= 0.6 is 0 Å². The van der Waals surface area contributed by atoms with Gasteiger partial charge < -0.3 is 20.4 Å². The average molecular weight is 254 g/mol. The third-order valence-electron chi connectivity index (χ3n) is 2.07. The number of hydrogen-bond acceptors (Lipinski definition) is 6. The van der Waals surface area contributed by atoms with Crippen LogP contribution in [0, 0.1) is 0 Å². The molecule has 0 aliphatic heterocycles. The molecular formula is C11H10O7. The van der Waals surface area contributed by atoms with Crippen LogP contribution in [0.25, 0.3) is 0 Å². The van der Waals surface area contributed by atoms with E-state index in [9.17, 15) is 24.6 Å². The van der Waals surface area contributed by atoms with Crippen molar-refractivity contribution in [3.05, 3.63) is 17.7 Å². The Morgan fingerprint density at radius 1 is 0.944 bits per heavy atom. The summed E-state index contributed by atoms with van der Waals surface area (Å²) < 4.78 is 0. The molecule has 0 amide bonds. The molecule has 1 rings (SSSR count). The molecule has 0 aliphatic carbocycles. The summed E-state index contributed by atoms with van der Waals surface area (Å²) in [5.41, 5.74) is -0.522. The first-order chi connectivity index (χ1) is 8.31. The van der Waals surface area contributed by atoms with Gasteiger partial charge in [0, 0.05) is 12.1 Å². The molecule has 0 spiro atoms. The third kappa shape index (κ3) is 3.21. The predicted octanol–water partition coefficient (Wildman–Crippen LogP) is 0.420. The molecule has 0 aliphatic rings. The zero-order chi connectivity index (χ0) is 13.9. The van der Waals surface area contributed by atoms with Gasteiger partial charge in [-0.1, -0.05) is 0 Å². The van der Waals surface area contributed by atoms with E-state index in [4.69, 9.17) is 10.2 Å². The van der Waals surface area contributed by atoms with E-state index in [0.717, 1.165) is 12.1 Å². The molecule has 0 aromatic heterocycles. The molecule has 1 aromatic carbocycles. The number of carboxylic acids is 1. The van der Waals surface area contributed by atoms with E-state index in [2.05, 4.69) is 0 Å². The zero-order valence-electron chi connectivity index (χ0n) is 9.08. The van der Waals surface area contributed by atoms with E-state index >= 15 is 0 Å². The Morgan fingerprint density at radius 2 is 1.44 bits per heavy atom. The van der Waals surface area contributed by atoms with Gasteiger partial charge >= 0.3 is 5.97 Å². The van der Waals surface area contributed by atoms with Crippen LogP contribution in [0.4, 0.5) is 0 Å². The molecule has 0 radical (unpaired) electrons. The van der Waals surface area contributed by atoms with Crippen LogP contribution in [0.1, 0.15) is 23.2 Å². The molecule has 1 aromatic rings. The fourth-order valence-electron chi connectivity index (χ4n) is 1.38. The number of carbonyl (C=O) groups excluding carboxylic acids is 2. The monoisotopic (exact) mass is 254 g/mol. The Hall–Kier alpha value is -2.57. The molecule has 7 heteroatoms. The van der Waals surface area contributed by atoms with Crippen LogP contribution in [-0.4, -0.2) is 38.0 Å². The number of benzene rings is 1. The van der Waals surface area contributed by atoms with Gasteiger partial charge in [0.15, 0.2) is 11.6 Å². The minimum Gasteiger partial charge on any atom is -0.508 e. The number of hydrogen-bond donors (Lipinski definition) is 4. The first-order valence-corrected chi connectivity index (χ1v) is 4.83. The predicted molar refractivity (Wildman–Crippen MR) is 57.6 cm³/mol. The Labute approximate surface area is 101 Å². The molecule has 7 nitrogen and oxygen atoms in total. The van der Waals surface area contributed by atoms with E-state index < -0.39 is 53.2 Å². The van der Waals surface area contributed by atoms with Gasteiger partial charge in [-0.25, -0.2) is 0 Å². The third-order valence-corrected chi connectivity index (χ3v) is 2.07. The summed E-state index contributed by atoms with van der Waals surface area (Å²) in [6.45, 7) is 0. The number of carbonyl (C=O) groups is 3. The van der Waals surface area contributed by atoms with Crippen LogP contribution in [0.2, 0.25) is 0 Å². The number of carboxylic acid groups (broad SMARTS) is 1. The molecule has 0 atom stereocenters. The molecular weight excluding hydrogens is 244 g/mol. The number of aliphatic carboxylic acids is 1. The van der Waals surface area contributed by atoms with Crippen molar-refractivity contribution in [1.29, 1.82) is 0 Å². The van der Waals surface area contributed by atoms with Crippen molar-refractivity contribution in [2.24, 2.45) is 0 Å². The van der Waals surface area contributed by atoms with Crippen molar-refractivity contribution in [1.82, 2.24) is 0 Å². The highest BCUT2D eigenvalue weighted by molar-refractivity contribution is 6.13. The SMILES string of the molecule is O=C(O)CC(=O)CC(=O)c1c(O)cc(O)cc1O. The maximum Gasteiger partial charge on any atom is 0.310 e. The van der Waals surface area contributed by atoms with Crippen LogP contribution in [0.5, 0.6) is 17.2 Å². The highest BCUT2D eigenvalue weighted by Crippen LogP contribution is 2.32. The summed E-state index contributed by atoms with van der Waals surface area (Å²) in [7, 11) is 0. The maximum absolute atomic E-state index is 11.6. The second-order valence-corrected chi connectivity index (χ2v) is 3.57. The number of ketones is 2. The van der Waals surface area contributed by atoms with E-state index in [0.29, 0.717) is 0 Å². The van der Waals surface area contributed by atoms with Crippen LogP contribution in [0.3, 0.4) is 0 Å². The van der Waals surface area contributed by atoms with Gasteiger partial charge in [0.25, 0.3) is 0 Å². The van der Waals surface area contributed by atoms with Crippen molar-refractivity contribution in [3.8, 4) is 17.2 Å². The number of rotatable bonds is 5. The van der Waals surface area contributed by atoms with Crippen molar-refractivity contribution >= 4 is 17.5 Å². The van der Waals surface area contributed by atoms with Crippen LogP contribution in [0.15, 0.2) is 12.1 Å². The highest BCUT2D eigenvalue weighted by atomic mass is 16.4. The molecule has 0 fully saturated rings. The minimum atomic E-state index is -1.37. The number of phenols is 3. The normalized spacial score (nSPS) is 10.0. The van der Waals surface area contributed by atoms with Crippen LogP contribution in [-0.2, 0) is 9.59 Å². The van der Waals surface area contributed by atoms with Gasteiger partial charge in [-0.2, -0.15) is 0 Å². The maximum atomic E-state index is 11.6. The molecule has 0 heterocycles. The lowest BCUT2D eigenvalue weighted by Crippen LogP contribution is -2.12. The molecule has 18 heavy (non-hydrogen) atoms. The summed E-state index contributed by atoms with van der Waals surface area (Å²) in [6, 6.07) is 1.66. The zero-order valence-corrected chi connectivity index (χ0v) is 9.08. The second-order valence-electron chi connectivity index (χ2n) is 3.57. The first kappa shape index (κ1) is 13.5. The summed E-state index contributed by atoms with van der Waals surface area (Å²) >= 11 is 0. The lowest BCUT2D eigenvalue weighted by molar-refractivity contribution is -0.139. The van der Waals surface area contributed by atoms with Gasteiger partial charge in [-0.05, 0) is 0 Å². The van der Waals surface area contributed by atoms with E-state index in [-0.39, 0.29) is 0 Å². The van der Waals surface area contributed by atoms with Gasteiger partial charge in [-0.15, -0.1) is 0 Å². The Bertz CT molecular complexity index is 495. The van der Waals surface area contributed by atoms with Gasteiger partial charge in [-0.3, -0.25) is 14.4 Å². The summed E-state index contributed by atoms with van der Waals surface area (Å²) in [4.78, 5) is 32.9. The van der Waals surface area contributed by atoms with Crippen molar-refractivity contribution in [2.75, 3.05) is 0 Å². The molecule has 0 bridgehead atoms. The fraction of sp³-hybridized carbons (Fsp3) is 0.182. The molecule has 0 saturated heterocycles. The molecule has 4 N–H and O–H groups in total. The second kappa shape index (κ2) is 5.17. The van der Waals surface area contributed by atoms with Gasteiger partial charge in [0.1, 0.15) is 29.2 Å². The lowest BCUT2D eigenvalue weighted by Gasteiger charge is -2.06. The topological polar surface area (TPSA) is 132 Å². The Morgan fingerprint density at radius 3 is 1.89 bits per heavy atom. The van der Waals surface area contributed by atoms with Crippen molar-refractivity contribution < 1.29 is 34.8 Å². The lowest BCUT2D eigenvalue weighted by atomic mass is 10.0. The smallest absolute Gasteiger partial charge is 0.310 e. The fourth-order valence-corrected chi connectivity index (χ4v) is 1.38. The number of aromatic hydroxyl groups is 3. The van der Waals surface area contributed by atoms with E-state index in [1.807, 2.05) is 0 Å². The quantitative estimate of drug-likeness (QED) is 0.442. The summed E-state index contributed by atoms with van der Waals surface area (Å²) in [5.74, 6) is -4.94. The Kier molecular flexibility index (Phi) is 3.88. The van der Waals surface area contributed by atoms with E-state index in [1.54, 1.807) is 0 Å². The standard InChI is InChI=1S/C11H10O7/c12-5-1-7(14)11(8(15)2-5)9(16)3-6(13)4-10(17)18/h1-2,12,14-15H,3-4H2,(H,17,18). The largest absolute Gasteiger partial charge is 0.508 e. The minimum absolute atomic E-state index is 0.446. The van der Waals surface area contributed by atoms with Crippen LogP contribution < -0.4 is 0 Å². The summed E-state index contributed by atoms with van der Waals surface area (Å²) in [6.07, 6.45) is -1.57. The van der Waals surface area contributed by atoms with Crippen molar-refractivity contribution in [3.63, 3.8) is 0 Å². The first-order valence-electron chi connectivity index (χ1n) is 4.83. The van der Waals surface area contributed by atoms with Gasteiger partial charge in [0.05, 0.1) is 6.42 Å². The molecule has 96 valence electrons. The van der Waals surface area contributed by atoms with Crippen molar-refractivity contribution in [2.45, 2.75) is 12.8 Å². The number of phenolic OH excluding ortho intramolecular Hbond substituents is 3. The molecule has 0 unspecified atom stereocenters. The highest BCUT2D eigenvalue weighted by Gasteiger charge is 2.21. The van der Waals surface area contributed by atoms with E-state index in [1.165, 1.54) is 0 Å². The number of Topliss-reactive ketones (excluding diaryl/α,β-unsaturated/α-hetero) is 2. The average Bonchev–Trinajstić information content (AvgIpc) is 2.12. The van der Waals surface area contributed by atoms with Gasteiger partial charge in [0.2, 0.25) is 0 Å².